The Morgan fingerprint density at radius 3 is 2.11 bits per heavy atom. The monoisotopic (exact) mass is 392 g/mol. The number of rotatable bonds is 9. The molecule has 0 radical (unpaired) electrons. The number of nitrogens with one attached hydrogen (secondary N) is 4. The second kappa shape index (κ2) is 11.8. The molecule has 0 aliphatic carbocycles. The molecule has 0 saturated carbocycles. The lowest BCUT2D eigenvalue weighted by Crippen LogP contribution is -2.56. The van der Waals surface area contributed by atoms with Crippen LogP contribution in [-0.2, 0) is 16.1 Å². The topological polar surface area (TPSA) is 109 Å². The van der Waals surface area contributed by atoms with Crippen molar-refractivity contribution in [3.63, 3.8) is 0 Å². The average molecular weight is 393 g/mol. The molecule has 2 atom stereocenters. The maximum absolute atomic E-state index is 12.4. The normalized spacial score (nSPS) is 12.8. The first kappa shape index (κ1) is 23.3. The summed E-state index contributed by atoms with van der Waals surface area (Å²) in [6.45, 7) is 9.35. The number of ether oxygens (including phenoxy) is 1. The summed E-state index contributed by atoms with van der Waals surface area (Å²) >= 11 is 0. The fourth-order valence-electron chi connectivity index (χ4n) is 2.39. The van der Waals surface area contributed by atoms with Gasteiger partial charge in [-0.05, 0) is 38.7 Å². The fourth-order valence-corrected chi connectivity index (χ4v) is 2.39. The van der Waals surface area contributed by atoms with Crippen molar-refractivity contribution in [3.05, 3.63) is 35.9 Å². The van der Waals surface area contributed by atoms with E-state index in [1.165, 1.54) is 0 Å². The largest absolute Gasteiger partial charge is 0.445 e. The third kappa shape index (κ3) is 9.80. The maximum atomic E-state index is 12.4. The van der Waals surface area contributed by atoms with Crippen LogP contribution in [0.2, 0.25) is 0 Å². The molecule has 0 bridgehead atoms. The van der Waals surface area contributed by atoms with E-state index in [0.717, 1.165) is 5.56 Å². The van der Waals surface area contributed by atoms with E-state index in [0.29, 0.717) is 6.42 Å². The molecule has 0 saturated heterocycles. The highest BCUT2D eigenvalue weighted by Gasteiger charge is 2.22. The molecule has 0 aliphatic heterocycles. The summed E-state index contributed by atoms with van der Waals surface area (Å²) in [6.07, 6.45) is -0.670. The van der Waals surface area contributed by atoms with Gasteiger partial charge in [-0.25, -0.2) is 9.59 Å². The molecule has 1 aromatic carbocycles. The Labute approximate surface area is 166 Å². The standard InChI is InChI=1S/C20H32N4O4/c1-13(2)11-17(24-19(26)21-14(3)4)23-18(25)15(5)22-20(27)28-12-16-9-7-6-8-10-16/h6-10,13-15,17H,11-12H2,1-5H3,(H,22,27)(H,23,25)(H2,21,24,26)/t15-,17+/m0/s1. The van der Waals surface area contributed by atoms with Gasteiger partial charge in [0.25, 0.3) is 0 Å². The predicted molar refractivity (Wildman–Crippen MR) is 107 cm³/mol. The van der Waals surface area contributed by atoms with Crippen molar-refractivity contribution in [1.29, 1.82) is 0 Å². The molecule has 28 heavy (non-hydrogen) atoms. The minimum Gasteiger partial charge on any atom is -0.445 e. The zero-order valence-corrected chi connectivity index (χ0v) is 17.2. The van der Waals surface area contributed by atoms with Crippen LogP contribution >= 0.6 is 0 Å². The zero-order valence-electron chi connectivity index (χ0n) is 17.2. The van der Waals surface area contributed by atoms with E-state index in [9.17, 15) is 14.4 Å². The highest BCUT2D eigenvalue weighted by atomic mass is 16.5. The molecule has 0 unspecified atom stereocenters. The predicted octanol–water partition coefficient (Wildman–Crippen LogP) is 2.50. The van der Waals surface area contributed by atoms with Crippen LogP contribution in [0.1, 0.15) is 46.6 Å². The second-order valence-corrected chi connectivity index (χ2v) is 7.39. The quantitative estimate of drug-likeness (QED) is 0.484. The summed E-state index contributed by atoms with van der Waals surface area (Å²) in [6, 6.07) is 8.07. The third-order valence-corrected chi connectivity index (χ3v) is 3.69. The minimum absolute atomic E-state index is 0.0182. The van der Waals surface area contributed by atoms with E-state index in [4.69, 9.17) is 4.74 Å². The first-order valence-corrected chi connectivity index (χ1v) is 9.52. The molecule has 8 nitrogen and oxygen atoms in total. The van der Waals surface area contributed by atoms with Gasteiger partial charge in [0.05, 0.1) is 0 Å². The van der Waals surface area contributed by atoms with Crippen molar-refractivity contribution in [3.8, 4) is 0 Å². The van der Waals surface area contributed by atoms with Gasteiger partial charge in [0, 0.05) is 6.04 Å². The molecule has 1 aromatic rings. The van der Waals surface area contributed by atoms with Crippen molar-refractivity contribution in [2.45, 2.75) is 65.9 Å². The van der Waals surface area contributed by atoms with Gasteiger partial charge in [0.15, 0.2) is 0 Å². The number of carbonyl (C=O) groups is 3. The molecule has 4 N–H and O–H groups in total. The van der Waals surface area contributed by atoms with Gasteiger partial charge in [-0.2, -0.15) is 0 Å². The first-order chi connectivity index (χ1) is 13.2. The van der Waals surface area contributed by atoms with Crippen LogP contribution < -0.4 is 21.3 Å². The number of alkyl carbamates (subject to hydrolysis) is 1. The van der Waals surface area contributed by atoms with Gasteiger partial charge < -0.3 is 26.0 Å². The Morgan fingerprint density at radius 1 is 0.893 bits per heavy atom. The van der Waals surface area contributed by atoms with Crippen LogP contribution in [0.25, 0.3) is 0 Å². The summed E-state index contributed by atoms with van der Waals surface area (Å²) in [4.78, 5) is 36.2. The summed E-state index contributed by atoms with van der Waals surface area (Å²) in [5.41, 5.74) is 0.854. The zero-order chi connectivity index (χ0) is 21.1. The van der Waals surface area contributed by atoms with E-state index in [1.807, 2.05) is 58.0 Å². The van der Waals surface area contributed by atoms with E-state index in [1.54, 1.807) is 6.92 Å². The Bertz CT molecular complexity index is 634. The van der Waals surface area contributed by atoms with Crippen molar-refractivity contribution in [2.24, 2.45) is 5.92 Å². The van der Waals surface area contributed by atoms with Gasteiger partial charge in [-0.1, -0.05) is 44.2 Å². The van der Waals surface area contributed by atoms with Gasteiger partial charge in [-0.3, -0.25) is 4.79 Å². The smallest absolute Gasteiger partial charge is 0.408 e. The summed E-state index contributed by atoms with van der Waals surface area (Å²) in [7, 11) is 0. The Hall–Kier alpha value is -2.77. The molecule has 0 heterocycles. The average Bonchev–Trinajstić information content (AvgIpc) is 2.59. The number of hydrogen-bond acceptors (Lipinski definition) is 4. The minimum atomic E-state index is -0.812. The second-order valence-electron chi connectivity index (χ2n) is 7.39. The summed E-state index contributed by atoms with van der Waals surface area (Å²) in [5, 5.41) is 10.7. The van der Waals surface area contributed by atoms with Crippen LogP contribution in [0.5, 0.6) is 0 Å². The van der Waals surface area contributed by atoms with Crippen LogP contribution in [0, 0.1) is 5.92 Å². The lowest BCUT2D eigenvalue weighted by Gasteiger charge is -2.24. The molecular weight excluding hydrogens is 360 g/mol. The molecule has 156 valence electrons. The molecule has 0 fully saturated rings. The van der Waals surface area contributed by atoms with Crippen LogP contribution in [0.3, 0.4) is 0 Å². The number of benzene rings is 1. The van der Waals surface area contributed by atoms with Gasteiger partial charge in [0.2, 0.25) is 5.91 Å². The Morgan fingerprint density at radius 2 is 1.54 bits per heavy atom. The number of carbonyl (C=O) groups excluding carboxylic acids is 3. The Kier molecular flexibility index (Phi) is 9.84. The van der Waals surface area contributed by atoms with E-state index in [2.05, 4.69) is 21.3 Å². The molecule has 0 spiro atoms. The lowest BCUT2D eigenvalue weighted by molar-refractivity contribution is -0.123. The van der Waals surface area contributed by atoms with Crippen LogP contribution in [-0.4, -0.2) is 36.3 Å². The number of urea groups is 1. The third-order valence-electron chi connectivity index (χ3n) is 3.69. The highest BCUT2D eigenvalue weighted by molar-refractivity contribution is 5.85. The Balaban J connectivity index is 2.50. The summed E-state index contributed by atoms with van der Waals surface area (Å²) in [5.74, 6) is -0.157. The van der Waals surface area contributed by atoms with E-state index < -0.39 is 24.2 Å². The van der Waals surface area contributed by atoms with Crippen LogP contribution in [0.4, 0.5) is 9.59 Å². The maximum Gasteiger partial charge on any atom is 0.408 e. The number of hydrogen-bond donors (Lipinski definition) is 4. The van der Waals surface area contributed by atoms with Crippen LogP contribution in [0.15, 0.2) is 30.3 Å². The number of amides is 4. The fraction of sp³-hybridized carbons (Fsp3) is 0.550. The van der Waals surface area contributed by atoms with Crippen molar-refractivity contribution >= 4 is 18.0 Å². The molecule has 8 heteroatoms. The van der Waals surface area contributed by atoms with Gasteiger partial charge >= 0.3 is 12.1 Å². The van der Waals surface area contributed by atoms with Crippen molar-refractivity contribution in [1.82, 2.24) is 21.3 Å². The van der Waals surface area contributed by atoms with Gasteiger partial charge in [-0.15, -0.1) is 0 Å². The molecular formula is C20H32N4O4. The lowest BCUT2D eigenvalue weighted by atomic mass is 10.1. The SMILES string of the molecule is CC(C)C[C@@H](NC(=O)NC(C)C)NC(=O)[C@H](C)NC(=O)OCc1ccccc1. The van der Waals surface area contributed by atoms with Crippen molar-refractivity contribution < 1.29 is 19.1 Å². The molecule has 0 aromatic heterocycles. The van der Waals surface area contributed by atoms with Gasteiger partial charge in [0.1, 0.15) is 18.8 Å². The molecule has 1 rings (SSSR count). The van der Waals surface area contributed by atoms with Crippen molar-refractivity contribution in [2.75, 3.05) is 0 Å². The molecule has 4 amide bonds. The molecule has 0 aliphatic rings. The summed E-state index contributed by atoms with van der Waals surface area (Å²) < 4.78 is 5.12. The first-order valence-electron chi connectivity index (χ1n) is 9.52. The van der Waals surface area contributed by atoms with E-state index in [-0.39, 0.29) is 24.6 Å². The highest BCUT2D eigenvalue weighted by Crippen LogP contribution is 2.04. The van der Waals surface area contributed by atoms with E-state index >= 15 is 0 Å².